The van der Waals surface area contributed by atoms with Gasteiger partial charge in [0.1, 0.15) is 12.6 Å². The van der Waals surface area contributed by atoms with E-state index in [1.165, 1.54) is 6.92 Å². The average Bonchev–Trinajstić information content (AvgIpc) is 2.60. The first-order valence-electron chi connectivity index (χ1n) is 7.44. The number of hydrogen-bond donors (Lipinski definition) is 7. The molecule has 0 aromatic rings. The summed E-state index contributed by atoms with van der Waals surface area (Å²) >= 11 is 0. The number of rotatable bonds is 11. The third-order valence-electron chi connectivity index (χ3n) is 2.71. The van der Waals surface area contributed by atoms with Gasteiger partial charge in [0, 0.05) is 0 Å². The highest BCUT2D eigenvalue weighted by Gasteiger charge is 2.16. The normalized spacial score (nSPS) is 10.8. The van der Waals surface area contributed by atoms with Crippen LogP contribution >= 0.6 is 0 Å². The van der Waals surface area contributed by atoms with Crippen molar-refractivity contribution in [3.05, 3.63) is 0 Å². The predicted molar refractivity (Wildman–Crippen MR) is 86.3 cm³/mol. The van der Waals surface area contributed by atoms with E-state index in [9.17, 15) is 28.8 Å². The second-order valence-corrected chi connectivity index (χ2v) is 4.94. The smallest absolute Gasteiger partial charge is 0.322 e. The van der Waals surface area contributed by atoms with E-state index >= 15 is 0 Å². The average molecular weight is 374 g/mol. The molecule has 0 heterocycles. The van der Waals surface area contributed by atoms with Crippen molar-refractivity contribution in [2.24, 2.45) is 5.73 Å². The third kappa shape index (κ3) is 11.3. The summed E-state index contributed by atoms with van der Waals surface area (Å²) < 4.78 is 0. The van der Waals surface area contributed by atoms with Crippen molar-refractivity contribution >= 4 is 35.5 Å². The van der Waals surface area contributed by atoms with Crippen molar-refractivity contribution in [1.29, 1.82) is 0 Å². The quantitative estimate of drug-likeness (QED) is 0.186. The fourth-order valence-corrected chi connectivity index (χ4v) is 1.41. The monoisotopic (exact) mass is 374 g/mol. The molecular formula is C13H22N6O7. The highest BCUT2D eigenvalue weighted by Crippen LogP contribution is 1.82. The fraction of sp³-hybridized carbons (Fsp3) is 0.538. The van der Waals surface area contributed by atoms with Gasteiger partial charge in [0.05, 0.1) is 26.2 Å². The van der Waals surface area contributed by atoms with Crippen LogP contribution in [0.15, 0.2) is 0 Å². The predicted octanol–water partition coefficient (Wildman–Crippen LogP) is -5.00. The molecule has 0 aliphatic carbocycles. The summed E-state index contributed by atoms with van der Waals surface area (Å²) in [5.74, 6) is -4.41. The fourth-order valence-electron chi connectivity index (χ4n) is 1.41. The van der Waals surface area contributed by atoms with Crippen molar-refractivity contribution in [2.45, 2.75) is 13.0 Å². The lowest BCUT2D eigenvalue weighted by atomic mass is 10.3. The first-order chi connectivity index (χ1) is 12.1. The summed E-state index contributed by atoms with van der Waals surface area (Å²) in [7, 11) is 0. The molecule has 146 valence electrons. The maximum atomic E-state index is 11.7. The molecule has 0 rings (SSSR count). The Bertz CT molecular complexity index is 565. The Kier molecular flexibility index (Phi) is 10.7. The standard InChI is InChI=1S/C13H22N6O7/c1-7(19-11(23)5-15-8(20)2-14)13(26)18-4-10(22)16-3-9(21)17-6-12(24)25/h7H,2-6,14H2,1H3,(H,15,20)(H,16,22)(H,17,21)(H,18,26)(H,19,23)(H,24,25). The summed E-state index contributed by atoms with van der Waals surface area (Å²) in [6, 6.07) is -0.969. The van der Waals surface area contributed by atoms with E-state index in [2.05, 4.69) is 21.3 Å². The van der Waals surface area contributed by atoms with Gasteiger partial charge in [-0.2, -0.15) is 0 Å². The van der Waals surface area contributed by atoms with Gasteiger partial charge in [-0.05, 0) is 6.92 Å². The van der Waals surface area contributed by atoms with Crippen LogP contribution in [0.25, 0.3) is 0 Å². The van der Waals surface area contributed by atoms with Gasteiger partial charge in [0.25, 0.3) is 0 Å². The summed E-state index contributed by atoms with van der Waals surface area (Å²) in [5.41, 5.74) is 5.05. The molecule has 26 heavy (non-hydrogen) atoms. The van der Waals surface area contributed by atoms with Gasteiger partial charge in [-0.1, -0.05) is 0 Å². The highest BCUT2D eigenvalue weighted by molar-refractivity contribution is 5.92. The molecule has 0 aliphatic rings. The van der Waals surface area contributed by atoms with Gasteiger partial charge in [-0.15, -0.1) is 0 Å². The molecule has 0 aliphatic heterocycles. The van der Waals surface area contributed by atoms with E-state index in [1.54, 1.807) is 0 Å². The molecule has 1 atom stereocenters. The van der Waals surface area contributed by atoms with E-state index in [0.29, 0.717) is 0 Å². The molecule has 8 N–H and O–H groups in total. The highest BCUT2D eigenvalue weighted by atomic mass is 16.4. The van der Waals surface area contributed by atoms with Gasteiger partial charge in [-0.25, -0.2) is 0 Å². The van der Waals surface area contributed by atoms with Crippen LogP contribution in [0.5, 0.6) is 0 Å². The lowest BCUT2D eigenvalue weighted by Crippen LogP contribution is -2.50. The minimum Gasteiger partial charge on any atom is -0.480 e. The molecule has 0 fully saturated rings. The van der Waals surface area contributed by atoms with Crippen LogP contribution in [0.2, 0.25) is 0 Å². The van der Waals surface area contributed by atoms with Gasteiger partial charge >= 0.3 is 5.97 Å². The minimum absolute atomic E-state index is 0.271. The molecule has 0 bridgehead atoms. The van der Waals surface area contributed by atoms with Crippen LogP contribution < -0.4 is 32.3 Å². The molecular weight excluding hydrogens is 352 g/mol. The molecule has 1 unspecified atom stereocenters. The number of carboxylic acid groups (broad SMARTS) is 1. The Labute approximate surface area is 148 Å². The summed E-state index contributed by atoms with van der Waals surface area (Å²) in [5, 5.41) is 19.3. The molecule has 0 aromatic heterocycles. The first kappa shape index (κ1) is 22.8. The number of carbonyl (C=O) groups is 6. The zero-order valence-electron chi connectivity index (χ0n) is 14.1. The minimum atomic E-state index is -1.23. The van der Waals surface area contributed by atoms with Gasteiger partial charge < -0.3 is 37.4 Å². The molecule has 0 aromatic carbocycles. The maximum absolute atomic E-state index is 11.7. The zero-order valence-corrected chi connectivity index (χ0v) is 14.1. The van der Waals surface area contributed by atoms with Crippen molar-refractivity contribution in [2.75, 3.05) is 32.7 Å². The zero-order chi connectivity index (χ0) is 20.1. The van der Waals surface area contributed by atoms with E-state index in [-0.39, 0.29) is 13.1 Å². The van der Waals surface area contributed by atoms with Crippen LogP contribution in [0.3, 0.4) is 0 Å². The topological polar surface area (TPSA) is 209 Å². The lowest BCUT2D eigenvalue weighted by molar-refractivity contribution is -0.137. The number of nitrogens with one attached hydrogen (secondary N) is 5. The van der Waals surface area contributed by atoms with Crippen LogP contribution in [0.1, 0.15) is 6.92 Å². The molecule has 0 spiro atoms. The Morgan fingerprint density at radius 3 is 1.77 bits per heavy atom. The van der Waals surface area contributed by atoms with Crippen LogP contribution in [-0.4, -0.2) is 79.4 Å². The van der Waals surface area contributed by atoms with Crippen LogP contribution in [0.4, 0.5) is 0 Å². The molecule has 13 nitrogen and oxygen atoms in total. The van der Waals surface area contributed by atoms with Crippen molar-refractivity contribution in [3.8, 4) is 0 Å². The first-order valence-corrected chi connectivity index (χ1v) is 7.44. The van der Waals surface area contributed by atoms with Gasteiger partial charge in [0.15, 0.2) is 0 Å². The van der Waals surface area contributed by atoms with E-state index in [4.69, 9.17) is 10.8 Å². The van der Waals surface area contributed by atoms with Crippen molar-refractivity contribution in [3.63, 3.8) is 0 Å². The Morgan fingerprint density at radius 2 is 1.23 bits per heavy atom. The molecule has 0 saturated heterocycles. The SMILES string of the molecule is CC(NC(=O)CNC(=O)CN)C(=O)NCC(=O)NCC(=O)NCC(=O)O. The van der Waals surface area contributed by atoms with E-state index in [1.807, 2.05) is 5.32 Å². The number of amides is 5. The largest absolute Gasteiger partial charge is 0.480 e. The van der Waals surface area contributed by atoms with Crippen molar-refractivity contribution in [1.82, 2.24) is 26.6 Å². The summed E-state index contributed by atoms with van der Waals surface area (Å²) in [4.78, 5) is 67.0. The van der Waals surface area contributed by atoms with Gasteiger partial charge in [0.2, 0.25) is 29.5 Å². The molecule has 0 saturated carbocycles. The second-order valence-electron chi connectivity index (χ2n) is 4.94. The number of carbonyl (C=O) groups excluding carboxylic acids is 5. The third-order valence-corrected chi connectivity index (χ3v) is 2.71. The Balaban J connectivity index is 4.02. The van der Waals surface area contributed by atoms with Crippen LogP contribution in [0, 0.1) is 0 Å². The maximum Gasteiger partial charge on any atom is 0.322 e. The Hall–Kier alpha value is -3.22. The lowest BCUT2D eigenvalue weighted by Gasteiger charge is -2.14. The number of carboxylic acids is 1. The molecule has 0 radical (unpaired) electrons. The van der Waals surface area contributed by atoms with E-state index < -0.39 is 61.2 Å². The van der Waals surface area contributed by atoms with Gasteiger partial charge in [-0.3, -0.25) is 28.8 Å². The number of hydrogen-bond acceptors (Lipinski definition) is 7. The second kappa shape index (κ2) is 12.2. The molecule has 13 heteroatoms. The Morgan fingerprint density at radius 1 is 0.769 bits per heavy atom. The summed E-state index contributed by atoms with van der Waals surface area (Å²) in [6.07, 6.45) is 0. The van der Waals surface area contributed by atoms with Crippen molar-refractivity contribution < 1.29 is 33.9 Å². The summed E-state index contributed by atoms with van der Waals surface area (Å²) in [6.45, 7) is -0.722. The van der Waals surface area contributed by atoms with Crippen LogP contribution in [-0.2, 0) is 28.8 Å². The van der Waals surface area contributed by atoms with E-state index in [0.717, 1.165) is 0 Å². The number of nitrogens with two attached hydrogens (primary N) is 1. The number of aliphatic carboxylic acids is 1. The molecule has 5 amide bonds.